The summed E-state index contributed by atoms with van der Waals surface area (Å²) < 4.78 is 8.42. The molecule has 0 spiro atoms. The normalized spacial score (nSPS) is 32.0. The Kier molecular flexibility index (Phi) is 3.05. The van der Waals surface area contributed by atoms with Crippen LogP contribution in [0.5, 0.6) is 0 Å². The van der Waals surface area contributed by atoms with E-state index in [0.717, 1.165) is 12.8 Å². The molecule has 4 atom stereocenters. The number of hydrogen-bond acceptors (Lipinski definition) is 7. The minimum absolute atomic E-state index is 0.198. The van der Waals surface area contributed by atoms with Crippen molar-refractivity contribution in [3.63, 3.8) is 0 Å². The average molecular weight is 308 g/mol. The molecule has 1 saturated heterocycles. The van der Waals surface area contributed by atoms with Crippen molar-refractivity contribution in [2.45, 2.75) is 43.4 Å². The second kappa shape index (κ2) is 4.85. The lowest BCUT2D eigenvalue weighted by Crippen LogP contribution is -2.33. The third-order valence-corrected chi connectivity index (χ3v) is 4.21. The molecular formula is C13H16N4O5. The highest BCUT2D eigenvalue weighted by atomic mass is 16.6. The minimum atomic E-state index is -1.23. The van der Waals surface area contributed by atoms with Crippen LogP contribution in [0.15, 0.2) is 17.3 Å². The molecule has 3 N–H and O–H groups in total. The van der Waals surface area contributed by atoms with Crippen molar-refractivity contribution < 1.29 is 20.1 Å². The molecule has 2 aliphatic rings. The molecule has 3 heterocycles. The molecule has 9 heteroatoms. The number of aromatic nitrogens is 4. The molecule has 0 bridgehead atoms. The van der Waals surface area contributed by atoms with Gasteiger partial charge in [0.25, 0.3) is 0 Å². The first-order valence-electron chi connectivity index (χ1n) is 7.18. The number of ether oxygens (including phenoxy) is 1. The molecule has 1 aliphatic heterocycles. The zero-order valence-electron chi connectivity index (χ0n) is 11.6. The lowest BCUT2D eigenvalue weighted by molar-refractivity contribution is -0.0511. The first-order valence-corrected chi connectivity index (χ1v) is 7.18. The monoisotopic (exact) mass is 308 g/mol. The number of aliphatic hydroxyl groups is 3. The highest BCUT2D eigenvalue weighted by Crippen LogP contribution is 2.34. The molecule has 22 heavy (non-hydrogen) atoms. The maximum absolute atomic E-state index is 12.1. The van der Waals surface area contributed by atoms with E-state index in [0.29, 0.717) is 5.52 Å². The molecule has 0 aromatic carbocycles. The summed E-state index contributed by atoms with van der Waals surface area (Å²) in [5.41, 5.74) is 0.435. The lowest BCUT2D eigenvalue weighted by atomic mass is 10.1. The Morgan fingerprint density at radius 1 is 1.27 bits per heavy atom. The van der Waals surface area contributed by atoms with Gasteiger partial charge in [-0.25, -0.2) is 9.78 Å². The first-order chi connectivity index (χ1) is 10.6. The number of rotatable bonds is 3. The molecule has 0 radical (unpaired) electrons. The summed E-state index contributed by atoms with van der Waals surface area (Å²) in [7, 11) is 0. The highest BCUT2D eigenvalue weighted by molar-refractivity contribution is 5.69. The van der Waals surface area contributed by atoms with Crippen LogP contribution >= 0.6 is 0 Å². The zero-order chi connectivity index (χ0) is 15.4. The van der Waals surface area contributed by atoms with Crippen molar-refractivity contribution in [2.75, 3.05) is 6.61 Å². The van der Waals surface area contributed by atoms with E-state index in [4.69, 9.17) is 9.84 Å². The van der Waals surface area contributed by atoms with Crippen molar-refractivity contribution in [2.24, 2.45) is 0 Å². The Morgan fingerprint density at radius 3 is 2.68 bits per heavy atom. The van der Waals surface area contributed by atoms with Gasteiger partial charge in [0.2, 0.25) is 0 Å². The first kappa shape index (κ1) is 13.8. The van der Waals surface area contributed by atoms with Gasteiger partial charge in [0.05, 0.1) is 12.9 Å². The van der Waals surface area contributed by atoms with E-state index in [1.807, 2.05) is 0 Å². The van der Waals surface area contributed by atoms with Gasteiger partial charge in [-0.2, -0.15) is 4.98 Å². The minimum Gasteiger partial charge on any atom is -0.394 e. The van der Waals surface area contributed by atoms with Gasteiger partial charge in [-0.1, -0.05) is 0 Å². The summed E-state index contributed by atoms with van der Waals surface area (Å²) in [5, 5.41) is 29.0. The van der Waals surface area contributed by atoms with Crippen molar-refractivity contribution in [1.29, 1.82) is 0 Å². The van der Waals surface area contributed by atoms with Crippen LogP contribution in [0.2, 0.25) is 0 Å². The van der Waals surface area contributed by atoms with Gasteiger partial charge in [0, 0.05) is 12.2 Å². The summed E-state index contributed by atoms with van der Waals surface area (Å²) in [6.45, 7) is -0.413. The van der Waals surface area contributed by atoms with Crippen LogP contribution in [0.25, 0.3) is 11.2 Å². The Morgan fingerprint density at radius 2 is 2.05 bits per heavy atom. The molecule has 4 rings (SSSR count). The van der Waals surface area contributed by atoms with E-state index in [1.165, 1.54) is 10.9 Å². The Hall–Kier alpha value is -1.81. The van der Waals surface area contributed by atoms with Crippen molar-refractivity contribution in [1.82, 2.24) is 19.1 Å². The largest absolute Gasteiger partial charge is 0.394 e. The van der Waals surface area contributed by atoms with Crippen LogP contribution in [-0.4, -0.2) is 59.3 Å². The number of hydrogen-bond donors (Lipinski definition) is 3. The van der Waals surface area contributed by atoms with E-state index in [2.05, 4.69) is 9.97 Å². The van der Waals surface area contributed by atoms with Crippen LogP contribution in [0.1, 0.15) is 25.1 Å². The average Bonchev–Trinajstić information content (AvgIpc) is 3.22. The molecule has 9 nitrogen and oxygen atoms in total. The quantitative estimate of drug-likeness (QED) is 0.633. The molecule has 2 aromatic heterocycles. The van der Waals surface area contributed by atoms with Crippen LogP contribution < -0.4 is 5.69 Å². The number of aliphatic hydroxyl groups excluding tert-OH is 3. The number of imidazole rings is 1. The van der Waals surface area contributed by atoms with E-state index in [-0.39, 0.29) is 17.4 Å². The SMILES string of the molecule is O=c1nc2c(cn1C1CC1)ncn2[C@@H]1O[C@H](CO)[C@@H](O)[C@H]1O. The molecule has 1 saturated carbocycles. The highest BCUT2D eigenvalue weighted by Gasteiger charge is 2.44. The predicted octanol–water partition coefficient (Wildman–Crippen LogP) is -1.46. The Balaban J connectivity index is 1.76. The standard InChI is InChI=1S/C13H16N4O5/c18-4-8-9(19)10(20)12(22-8)17-5-14-7-3-16(6-1-2-6)13(21)15-11(7)17/h3,5-6,8-10,12,18-20H,1-2,4H2/t8-,9-,10-,12-/m1/s1. The molecule has 2 fully saturated rings. The molecule has 118 valence electrons. The summed E-state index contributed by atoms with van der Waals surface area (Å²) in [6, 6.07) is 0.198. The molecular weight excluding hydrogens is 292 g/mol. The van der Waals surface area contributed by atoms with Crippen LogP contribution in [-0.2, 0) is 4.74 Å². The molecule has 1 aliphatic carbocycles. The van der Waals surface area contributed by atoms with Crippen molar-refractivity contribution in [3.8, 4) is 0 Å². The summed E-state index contributed by atoms with van der Waals surface area (Å²) >= 11 is 0. The van der Waals surface area contributed by atoms with E-state index >= 15 is 0 Å². The van der Waals surface area contributed by atoms with E-state index in [1.54, 1.807) is 10.8 Å². The smallest absolute Gasteiger partial charge is 0.349 e. The topological polar surface area (TPSA) is 123 Å². The number of fused-ring (bicyclic) bond motifs is 1. The fraction of sp³-hybridized carbons (Fsp3) is 0.615. The fourth-order valence-electron chi connectivity index (χ4n) is 2.82. The van der Waals surface area contributed by atoms with Gasteiger partial charge in [-0.15, -0.1) is 0 Å². The van der Waals surface area contributed by atoms with E-state index in [9.17, 15) is 15.0 Å². The lowest BCUT2D eigenvalue weighted by Gasteiger charge is -2.16. The second-order valence-corrected chi connectivity index (χ2v) is 5.75. The summed E-state index contributed by atoms with van der Waals surface area (Å²) in [6.07, 6.45) is 0.715. The van der Waals surface area contributed by atoms with Crippen LogP contribution in [0, 0.1) is 0 Å². The summed E-state index contributed by atoms with van der Waals surface area (Å²) in [5.74, 6) is 0. The third kappa shape index (κ3) is 1.97. The van der Waals surface area contributed by atoms with E-state index < -0.39 is 31.1 Å². The van der Waals surface area contributed by atoms with Gasteiger partial charge in [-0.05, 0) is 12.8 Å². The Labute approximate surface area is 124 Å². The molecule has 0 amide bonds. The van der Waals surface area contributed by atoms with Crippen LogP contribution in [0.4, 0.5) is 0 Å². The van der Waals surface area contributed by atoms with Crippen molar-refractivity contribution in [3.05, 3.63) is 23.0 Å². The van der Waals surface area contributed by atoms with Gasteiger partial charge in [0.15, 0.2) is 11.9 Å². The van der Waals surface area contributed by atoms with Gasteiger partial charge in [-0.3, -0.25) is 9.13 Å². The maximum atomic E-state index is 12.1. The third-order valence-electron chi connectivity index (χ3n) is 4.21. The van der Waals surface area contributed by atoms with Gasteiger partial charge in [0.1, 0.15) is 23.8 Å². The summed E-state index contributed by atoms with van der Waals surface area (Å²) in [4.78, 5) is 20.3. The fourth-order valence-corrected chi connectivity index (χ4v) is 2.82. The predicted molar refractivity (Wildman–Crippen MR) is 73.1 cm³/mol. The Bertz CT molecular complexity index is 767. The van der Waals surface area contributed by atoms with Gasteiger partial charge >= 0.3 is 5.69 Å². The molecule has 0 unspecified atom stereocenters. The zero-order valence-corrected chi connectivity index (χ0v) is 11.6. The maximum Gasteiger partial charge on any atom is 0.349 e. The second-order valence-electron chi connectivity index (χ2n) is 5.75. The number of nitrogens with zero attached hydrogens (tertiary/aromatic N) is 4. The molecule has 2 aromatic rings. The van der Waals surface area contributed by atoms with Gasteiger partial charge < -0.3 is 20.1 Å². The van der Waals surface area contributed by atoms with Crippen molar-refractivity contribution >= 4 is 11.2 Å². The van der Waals surface area contributed by atoms with Crippen LogP contribution in [0.3, 0.4) is 0 Å².